The Labute approximate surface area is 121 Å². The van der Waals surface area contributed by atoms with E-state index in [0.717, 1.165) is 33.6 Å². The van der Waals surface area contributed by atoms with Crippen LogP contribution in [0.4, 0.5) is 5.69 Å². The van der Waals surface area contributed by atoms with Gasteiger partial charge in [-0.05, 0) is 49.2 Å². The van der Waals surface area contributed by atoms with Crippen molar-refractivity contribution in [1.29, 1.82) is 0 Å². The Balaban J connectivity index is 2.34. The smallest absolute Gasteiger partial charge is 0.212 e. The van der Waals surface area contributed by atoms with Gasteiger partial charge < -0.3 is 5.11 Å². The topological polar surface area (TPSA) is 79.8 Å². The van der Waals surface area contributed by atoms with Crippen molar-refractivity contribution in [1.82, 2.24) is 14.6 Å². The van der Waals surface area contributed by atoms with Crippen LogP contribution in [-0.2, 0) is 0 Å². The van der Waals surface area contributed by atoms with Gasteiger partial charge in [-0.3, -0.25) is 4.98 Å². The summed E-state index contributed by atoms with van der Waals surface area (Å²) in [5.41, 5.74) is 5.20. The fraction of sp³-hybridized carbons (Fsp3) is 0.200. The standard InChI is InChI=1S/C15H14N4O2/c1-8-4-12-14(10(3)17-19(12)13(20)5-8)15-9(2)6-11(18-21)7-16-15/h4-7,20H,1-3H3. The Morgan fingerprint density at radius 2 is 1.95 bits per heavy atom. The highest BCUT2D eigenvalue weighted by Crippen LogP contribution is 2.32. The van der Waals surface area contributed by atoms with Crippen molar-refractivity contribution in [2.75, 3.05) is 0 Å². The zero-order valence-electron chi connectivity index (χ0n) is 12.0. The van der Waals surface area contributed by atoms with Crippen LogP contribution >= 0.6 is 0 Å². The molecule has 0 aliphatic heterocycles. The lowest BCUT2D eigenvalue weighted by atomic mass is 10.0. The van der Waals surface area contributed by atoms with Gasteiger partial charge in [0.15, 0.2) is 0 Å². The van der Waals surface area contributed by atoms with E-state index in [-0.39, 0.29) is 5.88 Å². The van der Waals surface area contributed by atoms with Crippen molar-refractivity contribution in [2.24, 2.45) is 5.18 Å². The summed E-state index contributed by atoms with van der Waals surface area (Å²) in [5, 5.41) is 17.3. The summed E-state index contributed by atoms with van der Waals surface area (Å²) in [6, 6.07) is 5.29. The second-order valence-electron chi connectivity index (χ2n) is 5.10. The van der Waals surface area contributed by atoms with Crippen molar-refractivity contribution in [3.05, 3.63) is 46.1 Å². The molecule has 0 aliphatic carbocycles. The molecule has 0 aliphatic rings. The molecule has 0 saturated carbocycles. The van der Waals surface area contributed by atoms with E-state index in [1.54, 1.807) is 12.1 Å². The van der Waals surface area contributed by atoms with Gasteiger partial charge >= 0.3 is 0 Å². The predicted octanol–water partition coefficient (Wildman–Crippen LogP) is 3.43. The van der Waals surface area contributed by atoms with E-state index in [1.165, 1.54) is 10.7 Å². The van der Waals surface area contributed by atoms with Crippen LogP contribution in [0.3, 0.4) is 0 Å². The number of aryl methyl sites for hydroxylation is 3. The van der Waals surface area contributed by atoms with Crippen LogP contribution < -0.4 is 0 Å². The molecule has 3 heterocycles. The Morgan fingerprint density at radius 3 is 2.62 bits per heavy atom. The van der Waals surface area contributed by atoms with Gasteiger partial charge in [-0.15, -0.1) is 4.91 Å². The van der Waals surface area contributed by atoms with Gasteiger partial charge in [-0.2, -0.15) is 5.10 Å². The van der Waals surface area contributed by atoms with E-state index in [0.29, 0.717) is 5.69 Å². The van der Waals surface area contributed by atoms with Gasteiger partial charge in [0.05, 0.1) is 23.1 Å². The number of rotatable bonds is 2. The van der Waals surface area contributed by atoms with E-state index in [9.17, 15) is 10.0 Å². The molecule has 0 aromatic carbocycles. The second kappa shape index (κ2) is 4.66. The summed E-state index contributed by atoms with van der Waals surface area (Å²) in [5.74, 6) is 0.0863. The van der Waals surface area contributed by atoms with Gasteiger partial charge in [0.2, 0.25) is 5.88 Å². The van der Waals surface area contributed by atoms with E-state index in [2.05, 4.69) is 15.3 Å². The summed E-state index contributed by atoms with van der Waals surface area (Å²) in [6.07, 6.45) is 1.44. The lowest BCUT2D eigenvalue weighted by Crippen LogP contribution is -1.91. The molecule has 6 heteroatoms. The quantitative estimate of drug-likeness (QED) is 0.730. The molecular formula is C15H14N4O2. The molecular weight excluding hydrogens is 268 g/mol. The van der Waals surface area contributed by atoms with Gasteiger partial charge in [0.25, 0.3) is 0 Å². The second-order valence-corrected chi connectivity index (χ2v) is 5.10. The number of hydrogen-bond acceptors (Lipinski definition) is 5. The van der Waals surface area contributed by atoms with Crippen molar-refractivity contribution in [3.63, 3.8) is 0 Å². The number of hydrogen-bond donors (Lipinski definition) is 1. The Kier molecular flexibility index (Phi) is 2.94. The van der Waals surface area contributed by atoms with Gasteiger partial charge in [0.1, 0.15) is 5.69 Å². The van der Waals surface area contributed by atoms with Gasteiger partial charge in [-0.25, -0.2) is 4.52 Å². The molecule has 0 atom stereocenters. The van der Waals surface area contributed by atoms with E-state index >= 15 is 0 Å². The minimum absolute atomic E-state index is 0.0863. The van der Waals surface area contributed by atoms with Crippen LogP contribution in [0.1, 0.15) is 16.8 Å². The van der Waals surface area contributed by atoms with Crippen molar-refractivity contribution in [2.45, 2.75) is 20.8 Å². The van der Waals surface area contributed by atoms with E-state index in [4.69, 9.17) is 0 Å². The molecule has 1 N–H and O–H groups in total. The minimum Gasteiger partial charge on any atom is -0.493 e. The number of nitroso groups, excluding NO2 is 1. The molecule has 0 bridgehead atoms. The molecule has 0 unspecified atom stereocenters. The summed E-state index contributed by atoms with van der Waals surface area (Å²) < 4.78 is 1.49. The van der Waals surface area contributed by atoms with Crippen LogP contribution in [0.25, 0.3) is 16.8 Å². The highest BCUT2D eigenvalue weighted by atomic mass is 16.3. The normalized spacial score (nSPS) is 11.0. The Hall–Kier alpha value is -2.76. The largest absolute Gasteiger partial charge is 0.493 e. The van der Waals surface area contributed by atoms with Crippen LogP contribution in [-0.4, -0.2) is 19.7 Å². The number of aromatic hydroxyl groups is 1. The SMILES string of the molecule is Cc1cc(O)n2nc(C)c(-c3ncc(N=O)cc3C)c2c1. The van der Waals surface area contributed by atoms with Gasteiger partial charge in [-0.1, -0.05) is 0 Å². The molecule has 3 aromatic rings. The first kappa shape index (κ1) is 13.2. The first-order valence-corrected chi connectivity index (χ1v) is 6.50. The minimum atomic E-state index is 0.0863. The summed E-state index contributed by atoms with van der Waals surface area (Å²) in [6.45, 7) is 5.64. The maximum Gasteiger partial charge on any atom is 0.212 e. The number of fused-ring (bicyclic) bond motifs is 1. The fourth-order valence-corrected chi connectivity index (χ4v) is 2.54. The zero-order chi connectivity index (χ0) is 15.1. The third-order valence-corrected chi connectivity index (χ3v) is 3.44. The first-order chi connectivity index (χ1) is 10.0. The molecule has 0 fully saturated rings. The molecule has 0 spiro atoms. The molecule has 21 heavy (non-hydrogen) atoms. The molecule has 0 saturated heterocycles. The van der Waals surface area contributed by atoms with E-state index in [1.807, 2.05) is 26.8 Å². The van der Waals surface area contributed by atoms with E-state index < -0.39 is 0 Å². The third kappa shape index (κ3) is 2.05. The number of nitrogens with zero attached hydrogens (tertiary/aromatic N) is 4. The maximum atomic E-state index is 10.6. The first-order valence-electron chi connectivity index (χ1n) is 6.50. The van der Waals surface area contributed by atoms with Gasteiger partial charge in [0, 0.05) is 11.6 Å². The summed E-state index contributed by atoms with van der Waals surface area (Å²) >= 11 is 0. The third-order valence-electron chi connectivity index (χ3n) is 3.44. The molecule has 106 valence electrons. The molecule has 0 amide bonds. The maximum absolute atomic E-state index is 10.6. The van der Waals surface area contributed by atoms with Crippen LogP contribution in [0.2, 0.25) is 0 Å². The Morgan fingerprint density at radius 1 is 1.19 bits per heavy atom. The number of aromatic nitrogens is 3. The summed E-state index contributed by atoms with van der Waals surface area (Å²) in [4.78, 5) is 14.9. The molecule has 3 rings (SSSR count). The van der Waals surface area contributed by atoms with Crippen LogP contribution in [0.15, 0.2) is 29.6 Å². The lowest BCUT2D eigenvalue weighted by Gasteiger charge is -2.06. The van der Waals surface area contributed by atoms with Crippen molar-refractivity contribution < 1.29 is 5.11 Å². The monoisotopic (exact) mass is 282 g/mol. The lowest BCUT2D eigenvalue weighted by molar-refractivity contribution is 0.436. The van der Waals surface area contributed by atoms with Crippen LogP contribution in [0.5, 0.6) is 5.88 Å². The molecule has 3 aromatic heterocycles. The van der Waals surface area contributed by atoms with Crippen LogP contribution in [0, 0.1) is 25.7 Å². The Bertz CT molecular complexity index is 868. The zero-order valence-corrected chi connectivity index (χ0v) is 12.0. The van der Waals surface area contributed by atoms with Crippen molar-refractivity contribution in [3.8, 4) is 17.1 Å². The average molecular weight is 282 g/mol. The fourth-order valence-electron chi connectivity index (χ4n) is 2.54. The molecule has 0 radical (unpaired) electrons. The predicted molar refractivity (Wildman–Crippen MR) is 79.8 cm³/mol. The summed E-state index contributed by atoms with van der Waals surface area (Å²) in [7, 11) is 0. The number of pyridine rings is 2. The average Bonchev–Trinajstić information content (AvgIpc) is 2.75. The molecule has 6 nitrogen and oxygen atoms in total. The highest BCUT2D eigenvalue weighted by Gasteiger charge is 2.17. The van der Waals surface area contributed by atoms with Crippen molar-refractivity contribution >= 4 is 11.2 Å². The highest BCUT2D eigenvalue weighted by molar-refractivity contribution is 5.83.